The highest BCUT2D eigenvalue weighted by atomic mass is 16.2. The molecule has 3 nitrogen and oxygen atoms in total. The van der Waals surface area contributed by atoms with Crippen molar-refractivity contribution in [2.45, 2.75) is 46.0 Å². The van der Waals surface area contributed by atoms with Gasteiger partial charge in [-0.25, -0.2) is 0 Å². The lowest BCUT2D eigenvalue weighted by atomic mass is 9.73. The fourth-order valence-electron chi connectivity index (χ4n) is 3.64. The number of carbonyl (C=O) groups is 2. The molecule has 2 rings (SSSR count). The van der Waals surface area contributed by atoms with Gasteiger partial charge in [-0.1, -0.05) is 6.42 Å². The Bertz CT molecular complexity index is 309. The first-order valence-corrected chi connectivity index (χ1v) is 7.00. The quantitative estimate of drug-likeness (QED) is 0.755. The molecule has 3 atom stereocenters. The smallest absolute Gasteiger partial charge is 0.226 e. The minimum absolute atomic E-state index is 0.0105. The molecular weight excluding hydrogens is 214 g/mol. The number of Topliss-reactive ketones (excluding diaryl/α,β-unsaturated/α-hetero) is 1. The minimum Gasteiger partial charge on any atom is -0.343 e. The van der Waals surface area contributed by atoms with Crippen molar-refractivity contribution < 1.29 is 9.59 Å². The summed E-state index contributed by atoms with van der Waals surface area (Å²) in [7, 11) is 0. The van der Waals surface area contributed by atoms with E-state index in [9.17, 15) is 9.59 Å². The maximum Gasteiger partial charge on any atom is 0.226 e. The van der Waals surface area contributed by atoms with E-state index < -0.39 is 0 Å². The molecule has 0 radical (unpaired) electrons. The Labute approximate surface area is 104 Å². The SMILES string of the molecule is CCN(CC)C(=O)[C@H]1CCC[C@@H]2CCC(=O)[C@@H]21. The number of fused-ring (bicyclic) bond motifs is 1. The van der Waals surface area contributed by atoms with Gasteiger partial charge in [0.25, 0.3) is 0 Å². The number of nitrogens with zero attached hydrogens (tertiary/aromatic N) is 1. The molecule has 0 aliphatic heterocycles. The lowest BCUT2D eigenvalue weighted by Crippen LogP contribution is -2.43. The lowest BCUT2D eigenvalue weighted by molar-refractivity contribution is -0.142. The molecule has 0 aromatic rings. The Morgan fingerprint density at radius 1 is 1.24 bits per heavy atom. The van der Waals surface area contributed by atoms with E-state index in [1.165, 1.54) is 0 Å². The fourth-order valence-corrected chi connectivity index (χ4v) is 3.64. The zero-order chi connectivity index (χ0) is 12.4. The van der Waals surface area contributed by atoms with E-state index in [1.807, 2.05) is 18.7 Å². The highest BCUT2D eigenvalue weighted by Crippen LogP contribution is 2.44. The van der Waals surface area contributed by atoms with Crippen LogP contribution < -0.4 is 0 Å². The highest BCUT2D eigenvalue weighted by Gasteiger charge is 2.45. The van der Waals surface area contributed by atoms with Crippen LogP contribution in [0.3, 0.4) is 0 Å². The fraction of sp³-hybridized carbons (Fsp3) is 0.857. The van der Waals surface area contributed by atoms with Crippen LogP contribution in [0.1, 0.15) is 46.0 Å². The number of hydrogen-bond donors (Lipinski definition) is 0. The summed E-state index contributed by atoms with van der Waals surface area (Å²) in [6.07, 6.45) is 4.91. The van der Waals surface area contributed by atoms with Crippen LogP contribution in [-0.2, 0) is 9.59 Å². The van der Waals surface area contributed by atoms with Crippen LogP contribution in [0.15, 0.2) is 0 Å². The number of carbonyl (C=O) groups excluding carboxylic acids is 2. The van der Waals surface area contributed by atoms with Gasteiger partial charge in [0, 0.05) is 31.3 Å². The van der Waals surface area contributed by atoms with Crippen molar-refractivity contribution in [2.75, 3.05) is 13.1 Å². The Morgan fingerprint density at radius 3 is 2.59 bits per heavy atom. The molecule has 0 bridgehead atoms. The first-order valence-electron chi connectivity index (χ1n) is 7.00. The number of rotatable bonds is 3. The van der Waals surface area contributed by atoms with Crippen molar-refractivity contribution in [2.24, 2.45) is 17.8 Å². The van der Waals surface area contributed by atoms with Crippen molar-refractivity contribution in [3.63, 3.8) is 0 Å². The predicted molar refractivity (Wildman–Crippen MR) is 66.5 cm³/mol. The first-order chi connectivity index (χ1) is 8.19. The highest BCUT2D eigenvalue weighted by molar-refractivity contribution is 5.90. The first kappa shape index (κ1) is 12.6. The monoisotopic (exact) mass is 237 g/mol. The van der Waals surface area contributed by atoms with E-state index in [0.29, 0.717) is 18.1 Å². The molecule has 0 N–H and O–H groups in total. The summed E-state index contributed by atoms with van der Waals surface area (Å²) in [6.45, 7) is 5.55. The molecule has 2 fully saturated rings. The van der Waals surface area contributed by atoms with Crippen LogP contribution in [0.25, 0.3) is 0 Å². The Balaban J connectivity index is 2.13. The van der Waals surface area contributed by atoms with Gasteiger partial charge in [-0.05, 0) is 39.0 Å². The van der Waals surface area contributed by atoms with Crippen LogP contribution in [0.5, 0.6) is 0 Å². The third kappa shape index (κ3) is 2.24. The van der Waals surface area contributed by atoms with Gasteiger partial charge in [-0.3, -0.25) is 9.59 Å². The van der Waals surface area contributed by atoms with Crippen LogP contribution >= 0.6 is 0 Å². The van der Waals surface area contributed by atoms with Gasteiger partial charge in [0.2, 0.25) is 5.91 Å². The summed E-state index contributed by atoms with van der Waals surface area (Å²) in [5.41, 5.74) is 0. The van der Waals surface area contributed by atoms with E-state index in [-0.39, 0.29) is 17.7 Å². The molecule has 96 valence electrons. The summed E-state index contributed by atoms with van der Waals surface area (Å²) >= 11 is 0. The van der Waals surface area contributed by atoms with Crippen LogP contribution in [0.4, 0.5) is 0 Å². The molecule has 17 heavy (non-hydrogen) atoms. The summed E-state index contributed by atoms with van der Waals surface area (Å²) in [5.74, 6) is 1.11. The Hall–Kier alpha value is -0.860. The van der Waals surface area contributed by atoms with Gasteiger partial charge in [0.1, 0.15) is 5.78 Å². The van der Waals surface area contributed by atoms with Gasteiger partial charge in [0.15, 0.2) is 0 Å². The van der Waals surface area contributed by atoms with Crippen molar-refractivity contribution >= 4 is 11.7 Å². The van der Waals surface area contributed by atoms with Gasteiger partial charge in [-0.15, -0.1) is 0 Å². The second-order valence-electron chi connectivity index (χ2n) is 5.34. The summed E-state index contributed by atoms with van der Waals surface area (Å²) in [6, 6.07) is 0. The molecule has 0 aromatic carbocycles. The molecule has 3 heteroatoms. The number of amides is 1. The molecular formula is C14H23NO2. The molecule has 0 saturated heterocycles. The second-order valence-corrected chi connectivity index (χ2v) is 5.34. The maximum atomic E-state index is 12.4. The summed E-state index contributed by atoms with van der Waals surface area (Å²) < 4.78 is 0. The minimum atomic E-state index is -0.0105. The van der Waals surface area contributed by atoms with Gasteiger partial charge in [0.05, 0.1) is 0 Å². The zero-order valence-corrected chi connectivity index (χ0v) is 10.9. The van der Waals surface area contributed by atoms with Gasteiger partial charge >= 0.3 is 0 Å². The van der Waals surface area contributed by atoms with Crippen LogP contribution in [0, 0.1) is 17.8 Å². The third-order valence-electron chi connectivity index (χ3n) is 4.56. The van der Waals surface area contributed by atoms with E-state index in [0.717, 1.165) is 38.8 Å². The topological polar surface area (TPSA) is 37.4 Å². The predicted octanol–water partition coefficient (Wildman–Crippen LogP) is 2.25. The average Bonchev–Trinajstić information content (AvgIpc) is 2.73. The van der Waals surface area contributed by atoms with Crippen LogP contribution in [-0.4, -0.2) is 29.7 Å². The Morgan fingerprint density at radius 2 is 1.94 bits per heavy atom. The van der Waals surface area contributed by atoms with E-state index in [1.54, 1.807) is 0 Å². The second kappa shape index (κ2) is 5.19. The average molecular weight is 237 g/mol. The van der Waals surface area contributed by atoms with Crippen molar-refractivity contribution in [3.05, 3.63) is 0 Å². The molecule has 2 saturated carbocycles. The van der Waals surface area contributed by atoms with Crippen molar-refractivity contribution in [3.8, 4) is 0 Å². The zero-order valence-electron chi connectivity index (χ0n) is 10.9. The molecule has 2 aliphatic rings. The summed E-state index contributed by atoms with van der Waals surface area (Å²) in [4.78, 5) is 26.3. The van der Waals surface area contributed by atoms with E-state index in [2.05, 4.69) is 0 Å². The van der Waals surface area contributed by atoms with Gasteiger partial charge in [-0.2, -0.15) is 0 Å². The van der Waals surface area contributed by atoms with Crippen molar-refractivity contribution in [1.82, 2.24) is 4.90 Å². The molecule has 0 spiro atoms. The Kier molecular flexibility index (Phi) is 3.85. The largest absolute Gasteiger partial charge is 0.343 e. The van der Waals surface area contributed by atoms with Crippen LogP contribution in [0.2, 0.25) is 0 Å². The van der Waals surface area contributed by atoms with Gasteiger partial charge < -0.3 is 4.90 Å². The lowest BCUT2D eigenvalue weighted by Gasteiger charge is -2.34. The van der Waals surface area contributed by atoms with Crippen molar-refractivity contribution in [1.29, 1.82) is 0 Å². The molecule has 2 aliphatic carbocycles. The molecule has 0 unspecified atom stereocenters. The molecule has 0 aromatic heterocycles. The number of hydrogen-bond acceptors (Lipinski definition) is 2. The van der Waals surface area contributed by atoms with E-state index in [4.69, 9.17) is 0 Å². The third-order valence-corrected chi connectivity index (χ3v) is 4.56. The normalized spacial score (nSPS) is 32.4. The molecule has 1 amide bonds. The standard InChI is InChI=1S/C14H23NO2/c1-3-15(4-2)14(17)11-7-5-6-10-8-9-12(16)13(10)11/h10-11,13H,3-9H2,1-2H3/t10-,11+,13+/m1/s1. The number of ketones is 1. The van der Waals surface area contributed by atoms with E-state index >= 15 is 0 Å². The molecule has 0 heterocycles. The summed E-state index contributed by atoms with van der Waals surface area (Å²) in [5, 5.41) is 0. The maximum absolute atomic E-state index is 12.4.